The Morgan fingerprint density at radius 3 is 2.10 bits per heavy atom. The summed E-state index contributed by atoms with van der Waals surface area (Å²) < 4.78 is 1.75. The van der Waals surface area contributed by atoms with Gasteiger partial charge in [-0.1, -0.05) is 36.4 Å². The molecule has 29 heavy (non-hydrogen) atoms. The average molecular weight is 388 g/mol. The fourth-order valence-electron chi connectivity index (χ4n) is 3.48. The van der Waals surface area contributed by atoms with E-state index in [1.165, 1.54) is 18.4 Å². The van der Waals surface area contributed by atoms with E-state index in [-0.39, 0.29) is 0 Å². The molecule has 6 nitrogen and oxygen atoms in total. The zero-order valence-corrected chi connectivity index (χ0v) is 16.2. The van der Waals surface area contributed by atoms with Crippen molar-refractivity contribution in [3.05, 3.63) is 88.2 Å². The fourth-order valence-corrected chi connectivity index (χ4v) is 3.48. The number of hydrogen-bond acceptors (Lipinski definition) is 3. The molecule has 1 aliphatic rings. The van der Waals surface area contributed by atoms with Crippen molar-refractivity contribution in [3.8, 4) is 0 Å². The van der Waals surface area contributed by atoms with Crippen molar-refractivity contribution in [1.29, 1.82) is 0 Å². The molecule has 1 saturated carbocycles. The molecule has 1 aromatic heterocycles. The number of nitrogens with two attached hydrogens (primary N) is 2. The topological polar surface area (TPSA) is 104 Å². The zero-order valence-electron chi connectivity index (χ0n) is 16.2. The van der Waals surface area contributed by atoms with E-state index in [0.717, 1.165) is 23.5 Å². The van der Waals surface area contributed by atoms with E-state index in [9.17, 15) is 9.59 Å². The lowest BCUT2D eigenvalue weighted by Crippen LogP contribution is -2.13. The summed E-state index contributed by atoms with van der Waals surface area (Å²) >= 11 is 0. The maximum atomic E-state index is 11.9. The molecule has 2 amide bonds. The van der Waals surface area contributed by atoms with Crippen LogP contribution in [0.2, 0.25) is 0 Å². The van der Waals surface area contributed by atoms with Gasteiger partial charge in [0.2, 0.25) is 5.91 Å². The lowest BCUT2D eigenvalue weighted by molar-refractivity contribution is 0.0991. The van der Waals surface area contributed by atoms with Gasteiger partial charge in [-0.3, -0.25) is 14.3 Å². The molecule has 2 aromatic carbocycles. The molecule has 0 bridgehead atoms. The van der Waals surface area contributed by atoms with Crippen LogP contribution in [0.15, 0.2) is 54.7 Å². The van der Waals surface area contributed by atoms with Crippen LogP contribution in [0.4, 0.5) is 0 Å². The predicted octanol–water partition coefficient (Wildman–Crippen LogP) is 2.67. The van der Waals surface area contributed by atoms with Crippen molar-refractivity contribution >= 4 is 11.8 Å². The second kappa shape index (κ2) is 7.91. The van der Waals surface area contributed by atoms with E-state index in [0.29, 0.717) is 29.8 Å². The number of amides is 2. The second-order valence-corrected chi connectivity index (χ2v) is 7.75. The molecule has 4 rings (SSSR count). The zero-order chi connectivity index (χ0) is 20.4. The Bertz CT molecular complexity index is 1030. The van der Waals surface area contributed by atoms with Gasteiger partial charge >= 0.3 is 0 Å². The van der Waals surface area contributed by atoms with E-state index in [4.69, 9.17) is 11.5 Å². The Morgan fingerprint density at radius 2 is 1.52 bits per heavy atom. The highest BCUT2D eigenvalue weighted by Gasteiger charge is 2.21. The summed E-state index contributed by atoms with van der Waals surface area (Å²) in [6, 6.07) is 15.5. The number of aromatic nitrogens is 2. The van der Waals surface area contributed by atoms with Gasteiger partial charge in [0.15, 0.2) is 0 Å². The highest BCUT2D eigenvalue weighted by molar-refractivity contribution is 5.94. The Kier molecular flexibility index (Phi) is 5.16. The minimum Gasteiger partial charge on any atom is -0.366 e. The van der Waals surface area contributed by atoms with Crippen molar-refractivity contribution in [2.45, 2.75) is 32.2 Å². The maximum Gasteiger partial charge on any atom is 0.252 e. The maximum absolute atomic E-state index is 11.9. The first-order valence-corrected chi connectivity index (χ1v) is 9.80. The van der Waals surface area contributed by atoms with Crippen molar-refractivity contribution < 1.29 is 9.59 Å². The first-order valence-electron chi connectivity index (χ1n) is 9.80. The van der Waals surface area contributed by atoms with Crippen molar-refractivity contribution in [2.24, 2.45) is 17.4 Å². The number of carbonyl (C=O) groups is 2. The molecule has 4 N–H and O–H groups in total. The second-order valence-electron chi connectivity index (χ2n) is 7.75. The molecule has 3 aromatic rings. The van der Waals surface area contributed by atoms with E-state index in [1.807, 2.05) is 12.1 Å². The standard InChI is InChI=1S/C23H24N4O2/c24-22(28)19-9-7-17(8-10-19)12-21-20(23(25)29)14-27(26-21)13-18-5-3-16(4-6-18)11-15-1-2-15/h3-10,14-15H,1-2,11-13H2,(H2,24,28)(H2,25,29). The van der Waals surface area contributed by atoms with Gasteiger partial charge in [0.25, 0.3) is 5.91 Å². The average Bonchev–Trinajstić information content (AvgIpc) is 3.42. The smallest absolute Gasteiger partial charge is 0.252 e. The quantitative estimate of drug-likeness (QED) is 0.620. The molecule has 0 atom stereocenters. The van der Waals surface area contributed by atoms with Crippen LogP contribution < -0.4 is 11.5 Å². The number of nitrogens with zero attached hydrogens (tertiary/aromatic N) is 2. The number of rotatable bonds is 8. The van der Waals surface area contributed by atoms with Crippen LogP contribution in [0.25, 0.3) is 0 Å². The summed E-state index contributed by atoms with van der Waals surface area (Å²) in [5, 5.41) is 4.58. The predicted molar refractivity (Wildman–Crippen MR) is 110 cm³/mol. The molecule has 0 saturated heterocycles. The van der Waals surface area contributed by atoms with Crippen LogP contribution in [0.1, 0.15) is 55.9 Å². The minimum atomic E-state index is -0.500. The summed E-state index contributed by atoms with van der Waals surface area (Å²) in [7, 11) is 0. The highest BCUT2D eigenvalue weighted by atomic mass is 16.1. The molecule has 6 heteroatoms. The molecular formula is C23H24N4O2. The highest BCUT2D eigenvalue weighted by Crippen LogP contribution is 2.32. The fraction of sp³-hybridized carbons (Fsp3) is 0.261. The summed E-state index contributed by atoms with van der Waals surface area (Å²) in [5.41, 5.74) is 15.7. The number of primary amides is 2. The third-order valence-electron chi connectivity index (χ3n) is 5.30. The van der Waals surface area contributed by atoms with Crippen LogP contribution in [0, 0.1) is 5.92 Å². The number of carbonyl (C=O) groups excluding carboxylic acids is 2. The van der Waals surface area contributed by atoms with Gasteiger partial charge in [0, 0.05) is 18.2 Å². The van der Waals surface area contributed by atoms with Gasteiger partial charge in [-0.25, -0.2) is 0 Å². The van der Waals surface area contributed by atoms with Crippen molar-refractivity contribution in [1.82, 2.24) is 9.78 Å². The Labute approximate surface area is 169 Å². The molecular weight excluding hydrogens is 364 g/mol. The Hall–Kier alpha value is -3.41. The molecule has 1 heterocycles. The molecule has 0 aliphatic heterocycles. The summed E-state index contributed by atoms with van der Waals surface area (Å²) in [4.78, 5) is 23.1. The van der Waals surface area contributed by atoms with Crippen LogP contribution in [-0.2, 0) is 19.4 Å². The SMILES string of the molecule is NC(=O)c1ccc(Cc2nn(Cc3ccc(CC4CC4)cc3)cc2C(N)=O)cc1. The third-order valence-corrected chi connectivity index (χ3v) is 5.30. The van der Waals surface area contributed by atoms with E-state index < -0.39 is 11.8 Å². The van der Waals surface area contributed by atoms with Gasteiger partial charge in [-0.05, 0) is 54.0 Å². The third kappa shape index (κ3) is 4.71. The summed E-state index contributed by atoms with van der Waals surface area (Å²) in [6.07, 6.45) is 6.00. The first kappa shape index (κ1) is 18.9. The van der Waals surface area contributed by atoms with Crippen LogP contribution in [-0.4, -0.2) is 21.6 Å². The largest absolute Gasteiger partial charge is 0.366 e. The molecule has 0 radical (unpaired) electrons. The van der Waals surface area contributed by atoms with Gasteiger partial charge < -0.3 is 11.5 Å². The first-order chi connectivity index (χ1) is 14.0. The van der Waals surface area contributed by atoms with Crippen molar-refractivity contribution in [2.75, 3.05) is 0 Å². The van der Waals surface area contributed by atoms with Crippen LogP contribution >= 0.6 is 0 Å². The summed E-state index contributed by atoms with van der Waals surface area (Å²) in [5.74, 6) is -0.105. The monoisotopic (exact) mass is 388 g/mol. The van der Waals surface area contributed by atoms with Gasteiger partial charge in [0.05, 0.1) is 17.8 Å². The lowest BCUT2D eigenvalue weighted by Gasteiger charge is -2.05. The van der Waals surface area contributed by atoms with E-state index >= 15 is 0 Å². The molecule has 0 unspecified atom stereocenters. The van der Waals surface area contributed by atoms with Crippen LogP contribution in [0.3, 0.4) is 0 Å². The molecule has 148 valence electrons. The molecule has 1 aliphatic carbocycles. The molecule has 1 fully saturated rings. The Balaban J connectivity index is 1.49. The van der Waals surface area contributed by atoms with E-state index in [1.54, 1.807) is 23.0 Å². The van der Waals surface area contributed by atoms with Gasteiger partial charge in [-0.2, -0.15) is 5.10 Å². The van der Waals surface area contributed by atoms with Crippen LogP contribution in [0.5, 0.6) is 0 Å². The van der Waals surface area contributed by atoms with Gasteiger partial charge in [-0.15, -0.1) is 0 Å². The Morgan fingerprint density at radius 1 is 0.897 bits per heavy atom. The normalized spacial score (nSPS) is 13.4. The minimum absolute atomic E-state index is 0.411. The molecule has 0 spiro atoms. The number of hydrogen-bond donors (Lipinski definition) is 2. The van der Waals surface area contributed by atoms with E-state index in [2.05, 4.69) is 29.4 Å². The van der Waals surface area contributed by atoms with Gasteiger partial charge in [0.1, 0.15) is 0 Å². The number of benzene rings is 2. The lowest BCUT2D eigenvalue weighted by atomic mass is 10.0. The summed E-state index contributed by atoms with van der Waals surface area (Å²) in [6.45, 7) is 0.574. The van der Waals surface area contributed by atoms with Crippen molar-refractivity contribution in [3.63, 3.8) is 0 Å².